The minimum Gasteiger partial charge on any atom is -0.367 e. The molecule has 4 N–H and O–H groups in total. The predicted molar refractivity (Wildman–Crippen MR) is 131 cm³/mol. The van der Waals surface area contributed by atoms with E-state index in [1.54, 1.807) is 24.3 Å². The first-order valence-electron chi connectivity index (χ1n) is 11.0. The van der Waals surface area contributed by atoms with Crippen molar-refractivity contribution in [3.05, 3.63) is 84.2 Å². The van der Waals surface area contributed by atoms with E-state index in [9.17, 15) is 9.59 Å². The highest BCUT2D eigenvalue weighted by Crippen LogP contribution is 2.27. The third kappa shape index (κ3) is 6.08. The number of piperazine rings is 1. The third-order valence-electron chi connectivity index (χ3n) is 5.75. The van der Waals surface area contributed by atoms with Gasteiger partial charge in [-0.25, -0.2) is 4.79 Å². The van der Waals surface area contributed by atoms with Crippen molar-refractivity contribution >= 4 is 29.0 Å². The molecule has 4 rings (SSSR count). The average molecular weight is 445 g/mol. The van der Waals surface area contributed by atoms with Crippen LogP contribution in [0.25, 0.3) is 0 Å². The maximum Gasteiger partial charge on any atom is 0.316 e. The molecule has 1 aromatic heterocycles. The van der Waals surface area contributed by atoms with Crippen LogP contribution in [-0.2, 0) is 6.42 Å². The average Bonchev–Trinajstić information content (AvgIpc) is 2.84. The van der Waals surface area contributed by atoms with E-state index in [1.165, 1.54) is 5.56 Å². The Morgan fingerprint density at radius 3 is 2.27 bits per heavy atom. The summed E-state index contributed by atoms with van der Waals surface area (Å²) in [5.41, 5.74) is 9.28. The molecule has 1 aliphatic rings. The van der Waals surface area contributed by atoms with Gasteiger partial charge in [0.05, 0.1) is 11.4 Å². The van der Waals surface area contributed by atoms with Crippen LogP contribution in [0.4, 0.5) is 21.9 Å². The molecule has 2 heterocycles. The fourth-order valence-corrected chi connectivity index (χ4v) is 3.95. The summed E-state index contributed by atoms with van der Waals surface area (Å²) in [4.78, 5) is 32.6. The number of hydrogen-bond acceptors (Lipinski definition) is 5. The maximum absolute atomic E-state index is 12.8. The maximum atomic E-state index is 12.8. The van der Waals surface area contributed by atoms with Crippen LogP contribution in [0, 0.1) is 0 Å². The Balaban J connectivity index is 1.35. The fraction of sp³-hybridized carbons (Fsp3) is 0.240. The highest BCUT2D eigenvalue weighted by Gasteiger charge is 2.20. The molecular weight excluding hydrogens is 416 g/mol. The van der Waals surface area contributed by atoms with Crippen molar-refractivity contribution < 1.29 is 9.59 Å². The molecule has 0 unspecified atom stereocenters. The summed E-state index contributed by atoms with van der Waals surface area (Å²) in [7, 11) is 0. The van der Waals surface area contributed by atoms with Crippen molar-refractivity contribution in [3.63, 3.8) is 0 Å². The van der Waals surface area contributed by atoms with Gasteiger partial charge in [0.1, 0.15) is 0 Å². The molecule has 2 aromatic carbocycles. The SMILES string of the molecule is NC(=O)Nc1ccc(C(=O)Nc2ccccc2N2CCN(CCc3ccncc3)CC2)cc1. The Bertz CT molecular complexity index is 1080. The van der Waals surface area contributed by atoms with E-state index < -0.39 is 6.03 Å². The number of anilines is 3. The first-order valence-corrected chi connectivity index (χ1v) is 11.0. The van der Waals surface area contributed by atoms with Crippen molar-refractivity contribution in [2.24, 2.45) is 5.73 Å². The van der Waals surface area contributed by atoms with E-state index in [2.05, 4.69) is 37.6 Å². The molecule has 0 bridgehead atoms. The molecule has 3 amide bonds. The lowest BCUT2D eigenvalue weighted by atomic mass is 10.1. The van der Waals surface area contributed by atoms with Crippen molar-refractivity contribution in [2.45, 2.75) is 6.42 Å². The second-order valence-corrected chi connectivity index (χ2v) is 7.97. The topological polar surface area (TPSA) is 104 Å². The quantitative estimate of drug-likeness (QED) is 0.519. The van der Waals surface area contributed by atoms with E-state index >= 15 is 0 Å². The number of para-hydroxylation sites is 2. The zero-order valence-corrected chi connectivity index (χ0v) is 18.4. The zero-order valence-electron chi connectivity index (χ0n) is 18.4. The lowest BCUT2D eigenvalue weighted by molar-refractivity contribution is 0.102. The van der Waals surface area contributed by atoms with Crippen LogP contribution in [-0.4, -0.2) is 54.5 Å². The summed E-state index contributed by atoms with van der Waals surface area (Å²) in [6.45, 7) is 4.77. The van der Waals surface area contributed by atoms with Crippen molar-refractivity contribution in [1.29, 1.82) is 0 Å². The van der Waals surface area contributed by atoms with Gasteiger partial charge in [0, 0.05) is 56.4 Å². The molecular formula is C25H28N6O2. The molecule has 0 spiro atoms. The minimum atomic E-state index is -0.640. The Labute approximate surface area is 193 Å². The van der Waals surface area contributed by atoms with Crippen molar-refractivity contribution in [3.8, 4) is 0 Å². The van der Waals surface area contributed by atoms with Gasteiger partial charge < -0.3 is 21.3 Å². The lowest BCUT2D eigenvalue weighted by Crippen LogP contribution is -2.47. The highest BCUT2D eigenvalue weighted by atomic mass is 16.2. The number of pyridine rings is 1. The molecule has 1 saturated heterocycles. The van der Waals surface area contributed by atoms with Gasteiger partial charge in [0.2, 0.25) is 0 Å². The second kappa shape index (κ2) is 10.6. The zero-order chi connectivity index (χ0) is 23.0. The number of benzene rings is 2. The van der Waals surface area contributed by atoms with Gasteiger partial charge in [-0.15, -0.1) is 0 Å². The number of hydrogen-bond donors (Lipinski definition) is 3. The monoisotopic (exact) mass is 444 g/mol. The molecule has 0 radical (unpaired) electrons. The van der Waals surface area contributed by atoms with Crippen LogP contribution in [0.1, 0.15) is 15.9 Å². The number of amides is 3. The predicted octanol–water partition coefficient (Wildman–Crippen LogP) is 3.19. The van der Waals surface area contributed by atoms with Gasteiger partial charge in [-0.05, 0) is 60.5 Å². The van der Waals surface area contributed by atoms with Crippen LogP contribution in [0.2, 0.25) is 0 Å². The smallest absolute Gasteiger partial charge is 0.316 e. The first kappa shape index (κ1) is 22.3. The largest absolute Gasteiger partial charge is 0.367 e. The number of aromatic nitrogens is 1. The molecule has 1 fully saturated rings. The van der Waals surface area contributed by atoms with Gasteiger partial charge in [-0.1, -0.05) is 12.1 Å². The first-order chi connectivity index (χ1) is 16.1. The Morgan fingerprint density at radius 2 is 1.58 bits per heavy atom. The third-order valence-corrected chi connectivity index (χ3v) is 5.75. The van der Waals surface area contributed by atoms with E-state index in [4.69, 9.17) is 5.73 Å². The van der Waals surface area contributed by atoms with Gasteiger partial charge >= 0.3 is 6.03 Å². The van der Waals surface area contributed by atoms with Crippen LogP contribution >= 0.6 is 0 Å². The summed E-state index contributed by atoms with van der Waals surface area (Å²) >= 11 is 0. The second-order valence-electron chi connectivity index (χ2n) is 7.97. The number of nitrogens with one attached hydrogen (secondary N) is 2. The summed E-state index contributed by atoms with van der Waals surface area (Å²) in [6.07, 6.45) is 4.69. The molecule has 33 heavy (non-hydrogen) atoms. The molecule has 170 valence electrons. The standard InChI is InChI=1S/C25H28N6O2/c26-25(33)28-21-7-5-20(6-8-21)24(32)29-22-3-1-2-4-23(22)31-17-15-30(16-18-31)14-11-19-9-12-27-13-10-19/h1-10,12-13H,11,14-18H2,(H,29,32)(H3,26,28,33). The van der Waals surface area contributed by atoms with Crippen LogP contribution in [0.3, 0.4) is 0 Å². The molecule has 0 atom stereocenters. The molecule has 3 aromatic rings. The van der Waals surface area contributed by atoms with Crippen LogP contribution in [0.15, 0.2) is 73.1 Å². The molecule has 8 heteroatoms. The summed E-state index contributed by atoms with van der Waals surface area (Å²) in [6, 6.07) is 18.0. The number of nitrogens with zero attached hydrogens (tertiary/aromatic N) is 3. The van der Waals surface area contributed by atoms with Gasteiger partial charge in [-0.3, -0.25) is 14.7 Å². The van der Waals surface area contributed by atoms with E-state index in [0.717, 1.165) is 50.5 Å². The van der Waals surface area contributed by atoms with Crippen molar-refractivity contribution in [1.82, 2.24) is 9.88 Å². The Morgan fingerprint density at radius 1 is 0.879 bits per heavy atom. The number of urea groups is 1. The molecule has 8 nitrogen and oxygen atoms in total. The van der Waals surface area contributed by atoms with Gasteiger partial charge in [0.15, 0.2) is 0 Å². The van der Waals surface area contributed by atoms with Crippen LogP contribution in [0.5, 0.6) is 0 Å². The minimum absolute atomic E-state index is 0.205. The summed E-state index contributed by atoms with van der Waals surface area (Å²) in [5.74, 6) is -0.205. The van der Waals surface area contributed by atoms with Gasteiger partial charge in [-0.2, -0.15) is 0 Å². The number of rotatable bonds is 7. The van der Waals surface area contributed by atoms with Crippen LogP contribution < -0.4 is 21.3 Å². The normalized spacial score (nSPS) is 14.0. The number of nitrogens with two attached hydrogens (primary N) is 1. The summed E-state index contributed by atoms with van der Waals surface area (Å²) < 4.78 is 0. The van der Waals surface area contributed by atoms with E-state index in [0.29, 0.717) is 11.3 Å². The van der Waals surface area contributed by atoms with E-state index in [-0.39, 0.29) is 5.91 Å². The van der Waals surface area contributed by atoms with Crippen molar-refractivity contribution in [2.75, 3.05) is 48.3 Å². The fourth-order valence-electron chi connectivity index (χ4n) is 3.95. The number of primary amides is 1. The number of carbonyl (C=O) groups excluding carboxylic acids is 2. The lowest BCUT2D eigenvalue weighted by Gasteiger charge is -2.37. The van der Waals surface area contributed by atoms with Gasteiger partial charge in [0.25, 0.3) is 5.91 Å². The molecule has 1 aliphatic heterocycles. The molecule has 0 saturated carbocycles. The Kier molecular flexibility index (Phi) is 7.16. The highest BCUT2D eigenvalue weighted by molar-refractivity contribution is 6.06. The Hall–Kier alpha value is -3.91. The molecule has 0 aliphatic carbocycles. The van der Waals surface area contributed by atoms with E-state index in [1.807, 2.05) is 36.7 Å². The summed E-state index contributed by atoms with van der Waals surface area (Å²) in [5, 5.41) is 5.52. The number of carbonyl (C=O) groups is 2.